The highest BCUT2D eigenvalue weighted by Crippen LogP contribution is 2.27. The smallest absolute Gasteiger partial charge is 0.243 e. The Morgan fingerprint density at radius 1 is 1.30 bits per heavy atom. The van der Waals surface area contributed by atoms with Crippen molar-refractivity contribution in [1.29, 1.82) is 0 Å². The van der Waals surface area contributed by atoms with Gasteiger partial charge in [0.25, 0.3) is 0 Å². The van der Waals surface area contributed by atoms with Crippen LogP contribution < -0.4 is 0 Å². The van der Waals surface area contributed by atoms with E-state index in [1.165, 1.54) is 0 Å². The van der Waals surface area contributed by atoms with Gasteiger partial charge in [-0.15, -0.1) is 0 Å². The monoisotopic (exact) mass is 297 g/mol. The summed E-state index contributed by atoms with van der Waals surface area (Å²) in [5, 5.41) is 9.28. The molecular formula is C15H23NO3S. The van der Waals surface area contributed by atoms with E-state index < -0.39 is 10.0 Å². The maximum atomic E-state index is 12.7. The molecule has 1 aliphatic rings. The molecule has 1 N–H and O–H groups in total. The summed E-state index contributed by atoms with van der Waals surface area (Å²) >= 11 is 0. The number of nitrogens with zero attached hydrogens (tertiary/aromatic N) is 1. The Hall–Kier alpha value is -0.910. The van der Waals surface area contributed by atoms with Gasteiger partial charge in [-0.1, -0.05) is 25.5 Å². The standard InChI is InChI=1S/C15H23NO3S/c1-3-13-7-9-16(10-8-13)20(18,19)15-6-4-5-14(11-17)12(15)2/h4-6,13,17H,3,7-11H2,1-2H3. The van der Waals surface area contributed by atoms with Gasteiger partial charge in [0.05, 0.1) is 11.5 Å². The summed E-state index contributed by atoms with van der Waals surface area (Å²) in [5.41, 5.74) is 1.34. The lowest BCUT2D eigenvalue weighted by atomic mass is 9.96. The van der Waals surface area contributed by atoms with Gasteiger partial charge in [-0.3, -0.25) is 0 Å². The number of rotatable bonds is 4. The average Bonchev–Trinajstić information content (AvgIpc) is 2.47. The second kappa shape index (κ2) is 6.24. The summed E-state index contributed by atoms with van der Waals surface area (Å²) < 4.78 is 27.0. The lowest BCUT2D eigenvalue weighted by Gasteiger charge is -2.31. The number of piperidine rings is 1. The molecule has 1 fully saturated rings. The van der Waals surface area contributed by atoms with Crippen molar-refractivity contribution < 1.29 is 13.5 Å². The SMILES string of the molecule is CCC1CCN(S(=O)(=O)c2cccc(CO)c2C)CC1. The van der Waals surface area contributed by atoms with E-state index in [0.717, 1.165) is 19.3 Å². The van der Waals surface area contributed by atoms with Crippen LogP contribution in [0.15, 0.2) is 23.1 Å². The van der Waals surface area contributed by atoms with Crippen LogP contribution >= 0.6 is 0 Å². The third-order valence-corrected chi connectivity index (χ3v) is 6.38. The summed E-state index contributed by atoms with van der Waals surface area (Å²) in [5.74, 6) is 0.645. The van der Waals surface area contributed by atoms with Crippen LogP contribution in [-0.2, 0) is 16.6 Å². The molecule has 5 heteroatoms. The van der Waals surface area contributed by atoms with Crippen molar-refractivity contribution in [2.45, 2.75) is 44.6 Å². The minimum absolute atomic E-state index is 0.132. The van der Waals surface area contributed by atoms with Gasteiger partial charge < -0.3 is 5.11 Å². The lowest BCUT2D eigenvalue weighted by molar-refractivity contribution is 0.268. The molecule has 4 nitrogen and oxygen atoms in total. The summed E-state index contributed by atoms with van der Waals surface area (Å²) in [6, 6.07) is 5.09. The van der Waals surface area contributed by atoms with E-state index in [1.54, 1.807) is 29.4 Å². The van der Waals surface area contributed by atoms with E-state index >= 15 is 0 Å². The number of hydrogen-bond acceptors (Lipinski definition) is 3. The normalized spacial score (nSPS) is 18.4. The van der Waals surface area contributed by atoms with Crippen LogP contribution in [0.25, 0.3) is 0 Å². The Balaban J connectivity index is 2.27. The van der Waals surface area contributed by atoms with Gasteiger partial charge in [0.1, 0.15) is 0 Å². The van der Waals surface area contributed by atoms with Gasteiger partial charge in [0.2, 0.25) is 10.0 Å². The molecule has 0 radical (unpaired) electrons. The number of sulfonamides is 1. The zero-order valence-corrected chi connectivity index (χ0v) is 13.0. The van der Waals surface area contributed by atoms with Gasteiger partial charge in [0.15, 0.2) is 0 Å². The van der Waals surface area contributed by atoms with E-state index in [-0.39, 0.29) is 6.61 Å². The molecule has 1 aromatic rings. The van der Waals surface area contributed by atoms with Crippen LogP contribution in [0.5, 0.6) is 0 Å². The molecule has 1 heterocycles. The van der Waals surface area contributed by atoms with Gasteiger partial charge in [-0.25, -0.2) is 8.42 Å². The highest BCUT2D eigenvalue weighted by atomic mass is 32.2. The first-order valence-corrected chi connectivity index (χ1v) is 8.64. The fraction of sp³-hybridized carbons (Fsp3) is 0.600. The quantitative estimate of drug-likeness (QED) is 0.927. The molecule has 1 aromatic carbocycles. The van der Waals surface area contributed by atoms with Crippen LogP contribution in [0, 0.1) is 12.8 Å². The Morgan fingerprint density at radius 2 is 1.95 bits per heavy atom. The molecule has 0 unspecified atom stereocenters. The van der Waals surface area contributed by atoms with Crippen molar-refractivity contribution in [2.75, 3.05) is 13.1 Å². The van der Waals surface area contributed by atoms with Crippen molar-refractivity contribution in [3.63, 3.8) is 0 Å². The Morgan fingerprint density at radius 3 is 2.50 bits per heavy atom. The largest absolute Gasteiger partial charge is 0.392 e. The van der Waals surface area contributed by atoms with Crippen LogP contribution in [0.2, 0.25) is 0 Å². The molecule has 1 saturated heterocycles. The third kappa shape index (κ3) is 2.90. The average molecular weight is 297 g/mol. The fourth-order valence-electron chi connectivity index (χ4n) is 2.81. The molecule has 112 valence electrons. The van der Waals surface area contributed by atoms with Crippen molar-refractivity contribution in [3.8, 4) is 0 Å². The second-order valence-electron chi connectivity index (χ2n) is 5.45. The first-order chi connectivity index (χ1) is 9.50. The summed E-state index contributed by atoms with van der Waals surface area (Å²) in [6.07, 6.45) is 3.00. The van der Waals surface area contributed by atoms with E-state index in [0.29, 0.717) is 35.0 Å². The number of aliphatic hydroxyl groups excluding tert-OH is 1. The molecule has 0 bridgehead atoms. The summed E-state index contributed by atoms with van der Waals surface area (Å²) in [4.78, 5) is 0.332. The van der Waals surface area contributed by atoms with Crippen molar-refractivity contribution in [3.05, 3.63) is 29.3 Å². The Kier molecular flexibility index (Phi) is 4.83. The van der Waals surface area contributed by atoms with E-state index in [9.17, 15) is 13.5 Å². The molecule has 0 aromatic heterocycles. The zero-order chi connectivity index (χ0) is 14.8. The first kappa shape index (κ1) is 15.5. The third-order valence-electron chi connectivity index (χ3n) is 4.34. The van der Waals surface area contributed by atoms with Crippen LogP contribution in [-0.4, -0.2) is 30.9 Å². The fourth-order valence-corrected chi connectivity index (χ4v) is 4.55. The van der Waals surface area contributed by atoms with Crippen molar-refractivity contribution in [2.24, 2.45) is 5.92 Å². The van der Waals surface area contributed by atoms with E-state index in [1.807, 2.05) is 0 Å². The highest BCUT2D eigenvalue weighted by molar-refractivity contribution is 7.89. The molecule has 1 aliphatic heterocycles. The zero-order valence-electron chi connectivity index (χ0n) is 12.2. The molecule has 0 saturated carbocycles. The number of hydrogen-bond donors (Lipinski definition) is 1. The van der Waals surface area contributed by atoms with Crippen molar-refractivity contribution in [1.82, 2.24) is 4.31 Å². The van der Waals surface area contributed by atoms with Crippen molar-refractivity contribution >= 4 is 10.0 Å². The highest BCUT2D eigenvalue weighted by Gasteiger charge is 2.30. The minimum atomic E-state index is -3.43. The molecular weight excluding hydrogens is 274 g/mol. The maximum absolute atomic E-state index is 12.7. The first-order valence-electron chi connectivity index (χ1n) is 7.20. The van der Waals surface area contributed by atoms with E-state index in [4.69, 9.17) is 0 Å². The van der Waals surface area contributed by atoms with Gasteiger partial charge >= 0.3 is 0 Å². The summed E-state index contributed by atoms with van der Waals surface area (Å²) in [6.45, 7) is 4.99. The molecule has 0 aliphatic carbocycles. The second-order valence-corrected chi connectivity index (χ2v) is 7.36. The van der Waals surface area contributed by atoms with E-state index in [2.05, 4.69) is 6.92 Å². The van der Waals surface area contributed by atoms with Crippen LogP contribution in [0.3, 0.4) is 0 Å². The Labute approximate surface area is 121 Å². The predicted octanol–water partition coefficient (Wildman–Crippen LogP) is 2.30. The van der Waals surface area contributed by atoms with Gasteiger partial charge in [-0.2, -0.15) is 4.31 Å². The van der Waals surface area contributed by atoms with Crippen LogP contribution in [0.4, 0.5) is 0 Å². The minimum Gasteiger partial charge on any atom is -0.392 e. The Bertz CT molecular complexity index is 560. The predicted molar refractivity (Wildman–Crippen MR) is 78.9 cm³/mol. The molecule has 0 amide bonds. The molecule has 2 rings (SSSR count). The van der Waals surface area contributed by atoms with Crippen LogP contribution in [0.1, 0.15) is 37.3 Å². The topological polar surface area (TPSA) is 57.6 Å². The molecule has 0 atom stereocenters. The van der Waals surface area contributed by atoms with Gasteiger partial charge in [-0.05, 0) is 42.9 Å². The molecule has 0 spiro atoms. The summed E-state index contributed by atoms with van der Waals surface area (Å²) in [7, 11) is -3.43. The van der Waals surface area contributed by atoms with Gasteiger partial charge in [0, 0.05) is 13.1 Å². The number of aliphatic hydroxyl groups is 1. The maximum Gasteiger partial charge on any atom is 0.243 e. The lowest BCUT2D eigenvalue weighted by Crippen LogP contribution is -2.38. The molecule has 20 heavy (non-hydrogen) atoms. The number of benzene rings is 1.